The number of Topliss-reactive ketones (excluding diaryl/α,β-unsaturated/α-hetero) is 1. The van der Waals surface area contributed by atoms with Crippen LogP contribution in [0.15, 0.2) is 18.2 Å². The van der Waals surface area contributed by atoms with Gasteiger partial charge in [-0.3, -0.25) is 4.79 Å². The number of ketones is 1. The first-order chi connectivity index (χ1) is 8.16. The summed E-state index contributed by atoms with van der Waals surface area (Å²) in [6, 6.07) is 4.56. The second kappa shape index (κ2) is 6.12. The minimum absolute atomic E-state index is 0.0625. The minimum Gasteiger partial charge on any atom is -0.298 e. The zero-order valence-electron chi connectivity index (χ0n) is 9.12. The molecular formula is C12H12ClFOS2. The topological polar surface area (TPSA) is 17.1 Å². The van der Waals surface area contributed by atoms with Crippen molar-refractivity contribution < 1.29 is 9.18 Å². The van der Waals surface area contributed by atoms with Gasteiger partial charge in [-0.1, -0.05) is 17.7 Å². The van der Waals surface area contributed by atoms with Crippen LogP contribution in [-0.2, 0) is 11.2 Å². The highest BCUT2D eigenvalue weighted by atomic mass is 35.5. The zero-order chi connectivity index (χ0) is 12.3. The highest BCUT2D eigenvalue weighted by molar-refractivity contribution is 8.07. The molecule has 92 valence electrons. The van der Waals surface area contributed by atoms with Gasteiger partial charge in [0.15, 0.2) is 5.78 Å². The van der Waals surface area contributed by atoms with Crippen molar-refractivity contribution in [2.24, 2.45) is 0 Å². The van der Waals surface area contributed by atoms with E-state index in [-0.39, 0.29) is 16.1 Å². The largest absolute Gasteiger partial charge is 0.298 e. The molecule has 1 fully saturated rings. The molecule has 17 heavy (non-hydrogen) atoms. The summed E-state index contributed by atoms with van der Waals surface area (Å²) in [5.74, 6) is 2.74. The molecule has 0 saturated carbocycles. The van der Waals surface area contributed by atoms with Crippen molar-refractivity contribution in [3.63, 3.8) is 0 Å². The molecule has 1 nitrogen and oxygen atoms in total. The molecule has 0 bridgehead atoms. The second-order valence-corrected chi connectivity index (χ2v) is 6.69. The van der Waals surface area contributed by atoms with E-state index in [1.54, 1.807) is 17.8 Å². The van der Waals surface area contributed by atoms with Crippen LogP contribution in [-0.4, -0.2) is 28.3 Å². The van der Waals surface area contributed by atoms with Gasteiger partial charge in [0, 0.05) is 23.7 Å². The summed E-state index contributed by atoms with van der Waals surface area (Å²) in [5.41, 5.74) is 0.702. The van der Waals surface area contributed by atoms with Crippen LogP contribution in [0.2, 0.25) is 5.02 Å². The Morgan fingerprint density at radius 1 is 1.47 bits per heavy atom. The van der Waals surface area contributed by atoms with E-state index in [4.69, 9.17) is 11.6 Å². The van der Waals surface area contributed by atoms with Crippen molar-refractivity contribution in [3.8, 4) is 0 Å². The number of hydrogen-bond donors (Lipinski definition) is 0. The van der Waals surface area contributed by atoms with Crippen molar-refractivity contribution in [1.29, 1.82) is 0 Å². The molecule has 1 aromatic carbocycles. The summed E-state index contributed by atoms with van der Waals surface area (Å²) >= 11 is 9.12. The quantitative estimate of drug-likeness (QED) is 0.849. The van der Waals surface area contributed by atoms with Gasteiger partial charge in [0.05, 0.1) is 10.3 Å². The standard InChI is InChI=1S/C12H12ClFOS2/c13-9-2-1-8(5-10(9)14)6-11(15)12-7-16-3-4-17-12/h1-2,5,12H,3-4,6-7H2. The molecule has 5 heteroatoms. The number of rotatable bonds is 3. The van der Waals surface area contributed by atoms with Gasteiger partial charge in [-0.2, -0.15) is 11.8 Å². The third-order valence-electron chi connectivity index (χ3n) is 2.54. The number of hydrogen-bond acceptors (Lipinski definition) is 3. The normalized spacial score (nSPS) is 20.2. The van der Waals surface area contributed by atoms with E-state index < -0.39 is 5.82 Å². The van der Waals surface area contributed by atoms with Crippen LogP contribution in [0.1, 0.15) is 5.56 Å². The molecule has 0 radical (unpaired) electrons. The Morgan fingerprint density at radius 3 is 2.94 bits per heavy atom. The van der Waals surface area contributed by atoms with Gasteiger partial charge >= 0.3 is 0 Å². The predicted octanol–water partition coefficient (Wildman–Crippen LogP) is 3.44. The van der Waals surface area contributed by atoms with E-state index in [9.17, 15) is 9.18 Å². The molecule has 1 aliphatic rings. The Morgan fingerprint density at radius 2 is 2.29 bits per heavy atom. The summed E-state index contributed by atoms with van der Waals surface area (Å²) in [5, 5.41) is 0.163. The van der Waals surface area contributed by atoms with Gasteiger partial charge < -0.3 is 0 Å². The van der Waals surface area contributed by atoms with E-state index >= 15 is 0 Å². The molecule has 0 aliphatic carbocycles. The van der Waals surface area contributed by atoms with Crippen molar-refractivity contribution in [3.05, 3.63) is 34.6 Å². The average Bonchev–Trinajstić information content (AvgIpc) is 2.35. The van der Waals surface area contributed by atoms with Crippen LogP contribution in [0, 0.1) is 5.82 Å². The molecule has 1 saturated heterocycles. The van der Waals surface area contributed by atoms with Gasteiger partial charge in [-0.25, -0.2) is 4.39 Å². The number of carbonyl (C=O) groups excluding carboxylic acids is 1. The van der Waals surface area contributed by atoms with E-state index in [0.717, 1.165) is 17.3 Å². The fourth-order valence-electron chi connectivity index (χ4n) is 1.64. The molecule has 1 aromatic rings. The summed E-state index contributed by atoms with van der Waals surface area (Å²) in [6.45, 7) is 0. The van der Waals surface area contributed by atoms with E-state index in [1.807, 2.05) is 11.8 Å². The highest BCUT2D eigenvalue weighted by Gasteiger charge is 2.22. The average molecular weight is 291 g/mol. The second-order valence-electron chi connectivity index (χ2n) is 3.83. The predicted molar refractivity (Wildman–Crippen MR) is 73.7 cm³/mol. The Kier molecular flexibility index (Phi) is 4.77. The van der Waals surface area contributed by atoms with Crippen LogP contribution in [0.3, 0.4) is 0 Å². The lowest BCUT2D eigenvalue weighted by atomic mass is 10.1. The lowest BCUT2D eigenvalue weighted by Crippen LogP contribution is -2.25. The van der Waals surface area contributed by atoms with Crippen molar-refractivity contribution in [2.45, 2.75) is 11.7 Å². The molecule has 0 aromatic heterocycles. The van der Waals surface area contributed by atoms with Crippen LogP contribution in [0.5, 0.6) is 0 Å². The SMILES string of the molecule is O=C(Cc1ccc(Cl)c(F)c1)C1CSCCS1. The highest BCUT2D eigenvalue weighted by Crippen LogP contribution is 2.26. The van der Waals surface area contributed by atoms with Crippen molar-refractivity contribution >= 4 is 40.9 Å². The molecular weight excluding hydrogens is 279 g/mol. The van der Waals surface area contributed by atoms with Crippen LogP contribution in [0.4, 0.5) is 4.39 Å². The fraction of sp³-hybridized carbons (Fsp3) is 0.417. The van der Waals surface area contributed by atoms with Gasteiger partial charge in [-0.15, -0.1) is 11.8 Å². The monoisotopic (exact) mass is 290 g/mol. The first kappa shape index (κ1) is 13.2. The lowest BCUT2D eigenvalue weighted by Gasteiger charge is -2.19. The van der Waals surface area contributed by atoms with Crippen molar-refractivity contribution in [2.75, 3.05) is 17.3 Å². The molecule has 1 unspecified atom stereocenters. The van der Waals surface area contributed by atoms with Crippen molar-refractivity contribution in [1.82, 2.24) is 0 Å². The zero-order valence-corrected chi connectivity index (χ0v) is 11.5. The Balaban J connectivity index is 1.99. The van der Waals surface area contributed by atoms with Gasteiger partial charge in [0.2, 0.25) is 0 Å². The number of thioether (sulfide) groups is 2. The maximum absolute atomic E-state index is 13.2. The number of benzene rings is 1. The molecule has 1 heterocycles. The third kappa shape index (κ3) is 3.63. The fourth-order valence-corrected chi connectivity index (χ4v) is 4.41. The van der Waals surface area contributed by atoms with Crippen LogP contribution in [0.25, 0.3) is 0 Å². The van der Waals surface area contributed by atoms with Gasteiger partial charge in [-0.05, 0) is 17.7 Å². The first-order valence-corrected chi connectivity index (χ1v) is 7.91. The maximum Gasteiger partial charge on any atom is 0.151 e. The van der Waals surface area contributed by atoms with E-state index in [2.05, 4.69) is 0 Å². The molecule has 0 N–H and O–H groups in total. The Hall–Kier alpha value is -0.190. The van der Waals surface area contributed by atoms with Crippen LogP contribution < -0.4 is 0 Å². The summed E-state index contributed by atoms with van der Waals surface area (Å²) in [4.78, 5) is 12.0. The van der Waals surface area contributed by atoms with Crippen LogP contribution >= 0.6 is 35.1 Å². The number of halogens is 2. The summed E-state index contributed by atoms with van der Waals surface area (Å²) in [7, 11) is 0. The van der Waals surface area contributed by atoms with E-state index in [1.165, 1.54) is 12.1 Å². The minimum atomic E-state index is -0.456. The Labute approximate surface area is 113 Å². The molecule has 2 rings (SSSR count). The Bertz CT molecular complexity index is 419. The summed E-state index contributed by atoms with van der Waals surface area (Å²) < 4.78 is 13.2. The van der Waals surface area contributed by atoms with Gasteiger partial charge in [0.1, 0.15) is 5.82 Å². The molecule has 1 atom stereocenters. The smallest absolute Gasteiger partial charge is 0.151 e. The molecule has 0 amide bonds. The van der Waals surface area contributed by atoms with E-state index in [0.29, 0.717) is 12.0 Å². The molecule has 0 spiro atoms. The maximum atomic E-state index is 13.2. The number of carbonyl (C=O) groups is 1. The van der Waals surface area contributed by atoms with Gasteiger partial charge in [0.25, 0.3) is 0 Å². The third-order valence-corrected chi connectivity index (χ3v) is 5.65. The lowest BCUT2D eigenvalue weighted by molar-refractivity contribution is -0.117. The molecule has 1 aliphatic heterocycles. The summed E-state index contributed by atoms with van der Waals surface area (Å²) in [6.07, 6.45) is 0.298. The first-order valence-electron chi connectivity index (χ1n) is 5.33.